The van der Waals surface area contributed by atoms with Gasteiger partial charge in [-0.3, -0.25) is 43.6 Å². The van der Waals surface area contributed by atoms with Gasteiger partial charge in [-0.25, -0.2) is 0 Å². The number of hydrogen-bond donors (Lipinski definition) is 3. The maximum absolute atomic E-state index is 11.8. The van der Waals surface area contributed by atoms with Gasteiger partial charge < -0.3 is 25.0 Å². The highest BCUT2D eigenvalue weighted by Gasteiger charge is 2.23. The largest absolute Gasteiger partial charge is 0.480 e. The Bertz CT molecular complexity index is 994. The molecule has 1 aliphatic heterocycles. The molecule has 0 spiro atoms. The molecule has 14 nitrogen and oxygen atoms in total. The molecule has 3 N–H and O–H groups in total. The summed E-state index contributed by atoms with van der Waals surface area (Å²) in [5, 5.41) is 21.9. The molecule has 1 aromatic carbocycles. The average molecular weight is 594 g/mol. The number of carbonyl (C=O) groups is 5. The molecular weight excluding hydrogens is 550 g/mol. The highest BCUT2D eigenvalue weighted by atomic mass is 16.5. The third-order valence-corrected chi connectivity index (χ3v) is 6.90. The minimum atomic E-state index is -0.984. The molecule has 0 aromatic heterocycles. The van der Waals surface area contributed by atoms with Gasteiger partial charge in [0.05, 0.1) is 13.1 Å². The Labute approximate surface area is 246 Å². The van der Waals surface area contributed by atoms with Crippen LogP contribution in [-0.4, -0.2) is 140 Å². The number of carbonyl (C=O) groups excluding carboxylic acids is 3. The zero-order valence-corrected chi connectivity index (χ0v) is 24.2. The Morgan fingerprint density at radius 3 is 1.95 bits per heavy atom. The average Bonchev–Trinajstić information content (AvgIpc) is 2.95. The second kappa shape index (κ2) is 19.5. The summed E-state index contributed by atoms with van der Waals surface area (Å²) in [6, 6.07) is 7.47. The third kappa shape index (κ3) is 14.3. The first-order valence-corrected chi connectivity index (χ1v) is 14.0. The lowest BCUT2D eigenvalue weighted by molar-refractivity contribution is -0.140. The number of carboxylic acid groups (broad SMARTS) is 2. The van der Waals surface area contributed by atoms with Crippen LogP contribution in [0.25, 0.3) is 0 Å². The second-order valence-electron chi connectivity index (χ2n) is 10.3. The first-order chi connectivity index (χ1) is 20.2. The Balaban J connectivity index is 2.33. The predicted octanol–water partition coefficient (Wildman–Crippen LogP) is 0.236. The van der Waals surface area contributed by atoms with Crippen molar-refractivity contribution in [1.29, 1.82) is 0 Å². The van der Waals surface area contributed by atoms with Gasteiger partial charge in [0.15, 0.2) is 0 Å². The van der Waals surface area contributed by atoms with E-state index in [0.29, 0.717) is 90.3 Å². The van der Waals surface area contributed by atoms with Crippen molar-refractivity contribution in [2.45, 2.75) is 26.2 Å². The standard InChI is InChI=1S/C28H43N5O9/c1-2-26(36)29-25-6-4-23(5-7-25)14-24-15-32(18-28(39)40)12-10-30(17-27(37)38)8-3-9-31(19-41-21-34)11-13-33(16-24)20-42-22-35/h4-7,21-22,24H,2-3,8-20H2,1H3,(H,29,36)(H,37,38)(H,39,40). The van der Waals surface area contributed by atoms with Gasteiger partial charge in [-0.05, 0) is 36.5 Å². The van der Waals surface area contributed by atoms with Crippen LogP contribution in [0.5, 0.6) is 0 Å². The van der Waals surface area contributed by atoms with Crippen molar-refractivity contribution < 1.29 is 43.7 Å². The number of benzene rings is 1. The molecule has 42 heavy (non-hydrogen) atoms. The maximum atomic E-state index is 11.8. The van der Waals surface area contributed by atoms with Crippen LogP contribution < -0.4 is 5.32 Å². The number of nitrogens with zero attached hydrogens (tertiary/aromatic N) is 4. The fraction of sp³-hybridized carbons (Fsp3) is 0.607. The highest BCUT2D eigenvalue weighted by Crippen LogP contribution is 2.17. The normalized spacial score (nSPS) is 18.8. The monoisotopic (exact) mass is 593 g/mol. The second-order valence-corrected chi connectivity index (χ2v) is 10.3. The fourth-order valence-electron chi connectivity index (χ4n) is 4.92. The molecule has 0 radical (unpaired) electrons. The Kier molecular flexibility index (Phi) is 16.1. The van der Waals surface area contributed by atoms with Crippen LogP contribution in [0.4, 0.5) is 5.69 Å². The molecule has 14 heteroatoms. The maximum Gasteiger partial charge on any atom is 0.317 e. The van der Waals surface area contributed by atoms with E-state index in [1.807, 2.05) is 39.0 Å². The smallest absolute Gasteiger partial charge is 0.317 e. The van der Waals surface area contributed by atoms with Crippen molar-refractivity contribution >= 4 is 36.5 Å². The van der Waals surface area contributed by atoms with Gasteiger partial charge >= 0.3 is 11.9 Å². The number of aliphatic carboxylic acids is 2. The third-order valence-electron chi connectivity index (χ3n) is 6.90. The van der Waals surface area contributed by atoms with Gasteiger partial charge in [0.1, 0.15) is 13.5 Å². The molecule has 1 atom stereocenters. The molecular formula is C28H43N5O9. The first kappa shape index (κ1) is 34.6. The van der Waals surface area contributed by atoms with E-state index in [-0.39, 0.29) is 38.4 Å². The Hall–Kier alpha value is -3.59. The van der Waals surface area contributed by atoms with Crippen LogP contribution in [0.15, 0.2) is 24.3 Å². The number of rotatable bonds is 14. The summed E-state index contributed by atoms with van der Waals surface area (Å²) < 4.78 is 10.1. The Morgan fingerprint density at radius 2 is 1.33 bits per heavy atom. The Morgan fingerprint density at radius 1 is 0.810 bits per heavy atom. The quantitative estimate of drug-likeness (QED) is 0.251. The molecule has 0 saturated carbocycles. The molecule has 1 unspecified atom stereocenters. The van der Waals surface area contributed by atoms with Gasteiger partial charge in [0, 0.05) is 64.5 Å². The van der Waals surface area contributed by atoms with Crippen molar-refractivity contribution in [1.82, 2.24) is 19.6 Å². The van der Waals surface area contributed by atoms with Gasteiger partial charge in [-0.15, -0.1) is 0 Å². The topological polar surface area (TPSA) is 169 Å². The minimum Gasteiger partial charge on any atom is -0.480 e. The SMILES string of the molecule is CCC(=O)Nc1ccc(CC2CN(COC=O)CCN(COC=O)CCCN(CC(=O)O)CCN(CC(=O)O)C2)cc1. The van der Waals surface area contributed by atoms with E-state index in [2.05, 4.69) is 5.32 Å². The number of nitrogens with one attached hydrogen (secondary N) is 1. The van der Waals surface area contributed by atoms with E-state index < -0.39 is 11.9 Å². The van der Waals surface area contributed by atoms with Crippen molar-refractivity contribution in [3.8, 4) is 0 Å². The fourth-order valence-corrected chi connectivity index (χ4v) is 4.92. The van der Waals surface area contributed by atoms with Crippen LogP contribution >= 0.6 is 0 Å². The number of anilines is 1. The van der Waals surface area contributed by atoms with E-state index in [1.54, 1.807) is 11.8 Å². The first-order valence-electron chi connectivity index (χ1n) is 14.0. The molecule has 1 saturated heterocycles. The predicted molar refractivity (Wildman–Crippen MR) is 153 cm³/mol. The van der Waals surface area contributed by atoms with Crippen LogP contribution in [0.3, 0.4) is 0 Å². The van der Waals surface area contributed by atoms with Crippen LogP contribution in [0, 0.1) is 5.92 Å². The summed E-state index contributed by atoms with van der Waals surface area (Å²) in [5.74, 6) is -2.13. The molecule has 1 aromatic rings. The summed E-state index contributed by atoms with van der Waals surface area (Å²) in [5.41, 5.74) is 1.66. The molecule has 1 fully saturated rings. The van der Waals surface area contributed by atoms with Gasteiger partial charge in [0.25, 0.3) is 12.9 Å². The molecule has 1 aliphatic rings. The summed E-state index contributed by atoms with van der Waals surface area (Å²) in [6.45, 7) is 5.81. The molecule has 0 aliphatic carbocycles. The van der Waals surface area contributed by atoms with Crippen molar-refractivity contribution in [3.05, 3.63) is 29.8 Å². The summed E-state index contributed by atoms with van der Waals surface area (Å²) in [4.78, 5) is 64.4. The van der Waals surface area contributed by atoms with Gasteiger partial charge in [-0.1, -0.05) is 19.1 Å². The summed E-state index contributed by atoms with van der Waals surface area (Å²) in [6.07, 6.45) is 1.55. The zero-order valence-electron chi connectivity index (χ0n) is 24.2. The number of hydrogen-bond acceptors (Lipinski definition) is 11. The molecule has 1 heterocycles. The van der Waals surface area contributed by atoms with E-state index >= 15 is 0 Å². The minimum absolute atomic E-state index is 0.0374. The molecule has 234 valence electrons. The summed E-state index contributed by atoms with van der Waals surface area (Å²) >= 11 is 0. The molecule has 1 amide bonds. The van der Waals surface area contributed by atoms with Crippen molar-refractivity contribution in [3.63, 3.8) is 0 Å². The lowest BCUT2D eigenvalue weighted by Crippen LogP contribution is -2.46. The van der Waals surface area contributed by atoms with Crippen LogP contribution in [0.2, 0.25) is 0 Å². The van der Waals surface area contributed by atoms with Crippen LogP contribution in [0.1, 0.15) is 25.3 Å². The van der Waals surface area contributed by atoms with Gasteiger partial charge in [-0.2, -0.15) is 0 Å². The van der Waals surface area contributed by atoms with E-state index in [9.17, 15) is 34.2 Å². The molecule has 0 bridgehead atoms. The number of ether oxygens (including phenoxy) is 2. The highest BCUT2D eigenvalue weighted by molar-refractivity contribution is 5.90. The molecule has 2 rings (SSSR count). The lowest BCUT2D eigenvalue weighted by Gasteiger charge is -2.34. The summed E-state index contributed by atoms with van der Waals surface area (Å²) in [7, 11) is 0. The number of amides is 1. The number of carboxylic acids is 2. The van der Waals surface area contributed by atoms with E-state index in [0.717, 1.165) is 5.56 Å². The van der Waals surface area contributed by atoms with Crippen molar-refractivity contribution in [2.24, 2.45) is 5.92 Å². The lowest BCUT2D eigenvalue weighted by atomic mass is 9.97. The van der Waals surface area contributed by atoms with E-state index in [4.69, 9.17) is 9.47 Å². The van der Waals surface area contributed by atoms with Gasteiger partial charge in [0.2, 0.25) is 5.91 Å². The van der Waals surface area contributed by atoms with Crippen LogP contribution in [-0.2, 0) is 39.9 Å². The zero-order chi connectivity index (χ0) is 30.7. The van der Waals surface area contributed by atoms with E-state index in [1.165, 1.54) is 0 Å². The van der Waals surface area contributed by atoms with Crippen molar-refractivity contribution in [2.75, 3.05) is 84.2 Å².